The van der Waals surface area contributed by atoms with Crippen molar-refractivity contribution in [2.24, 2.45) is 0 Å². The van der Waals surface area contributed by atoms with E-state index in [0.717, 1.165) is 6.54 Å². The molecule has 1 atom stereocenters. The molecule has 1 unspecified atom stereocenters. The van der Waals surface area contributed by atoms with Crippen LogP contribution in [0.2, 0.25) is 0 Å². The Morgan fingerprint density at radius 2 is 2.15 bits per heavy atom. The van der Waals surface area contributed by atoms with Gasteiger partial charge < -0.3 is 9.80 Å². The number of hydrogen-bond acceptors (Lipinski definition) is 2. The molecule has 13 heavy (non-hydrogen) atoms. The summed E-state index contributed by atoms with van der Waals surface area (Å²) in [6, 6.07) is 0.696. The van der Waals surface area contributed by atoms with E-state index in [9.17, 15) is 0 Å². The van der Waals surface area contributed by atoms with Crippen molar-refractivity contribution in [3.63, 3.8) is 0 Å². The summed E-state index contributed by atoms with van der Waals surface area (Å²) < 4.78 is 0. The average molecular weight is 182 g/mol. The van der Waals surface area contributed by atoms with Gasteiger partial charge in [0, 0.05) is 24.8 Å². The maximum absolute atomic E-state index is 4.15. The molecule has 0 aliphatic carbocycles. The molecule has 0 spiro atoms. The Morgan fingerprint density at radius 1 is 1.46 bits per heavy atom. The Kier molecular flexibility index (Phi) is 3.79. The van der Waals surface area contributed by atoms with E-state index >= 15 is 0 Å². The van der Waals surface area contributed by atoms with Crippen LogP contribution in [0.1, 0.15) is 26.2 Å². The summed E-state index contributed by atoms with van der Waals surface area (Å²) >= 11 is 0. The zero-order valence-corrected chi connectivity index (χ0v) is 9.21. The fourth-order valence-electron chi connectivity index (χ4n) is 2.02. The first-order chi connectivity index (χ1) is 6.11. The second-order valence-corrected chi connectivity index (χ2v) is 4.34. The molecule has 0 N–H and O–H groups in total. The van der Waals surface area contributed by atoms with E-state index in [2.05, 4.69) is 37.4 Å². The minimum Gasteiger partial charge on any atom is -0.372 e. The first kappa shape index (κ1) is 10.6. The molecule has 0 aromatic carbocycles. The molecule has 0 aromatic heterocycles. The minimum absolute atomic E-state index is 0.696. The van der Waals surface area contributed by atoms with E-state index in [1.165, 1.54) is 31.5 Å². The number of rotatable bonds is 3. The van der Waals surface area contributed by atoms with Crippen LogP contribution in [0, 0.1) is 0 Å². The van der Waals surface area contributed by atoms with Crippen molar-refractivity contribution >= 4 is 0 Å². The van der Waals surface area contributed by atoms with Crippen LogP contribution in [0.15, 0.2) is 12.3 Å². The first-order valence-corrected chi connectivity index (χ1v) is 5.20. The second kappa shape index (κ2) is 4.66. The number of hydrogen-bond donors (Lipinski definition) is 0. The zero-order chi connectivity index (χ0) is 9.84. The molecular formula is C11H22N2. The summed E-state index contributed by atoms with van der Waals surface area (Å²) in [5.74, 6) is 0. The molecule has 0 radical (unpaired) electrons. The molecule has 0 saturated carbocycles. The molecule has 0 bridgehead atoms. The van der Waals surface area contributed by atoms with Crippen molar-refractivity contribution < 1.29 is 0 Å². The van der Waals surface area contributed by atoms with Crippen LogP contribution in [0.3, 0.4) is 0 Å². The molecule has 0 amide bonds. The fraction of sp³-hybridized carbons (Fsp3) is 0.818. The van der Waals surface area contributed by atoms with Crippen LogP contribution < -0.4 is 0 Å². The highest BCUT2D eigenvalue weighted by atomic mass is 15.2. The predicted molar refractivity (Wildman–Crippen MR) is 57.7 cm³/mol. The van der Waals surface area contributed by atoms with Gasteiger partial charge in [-0.15, -0.1) is 0 Å². The van der Waals surface area contributed by atoms with Crippen LogP contribution in [-0.4, -0.2) is 43.0 Å². The molecule has 1 rings (SSSR count). The van der Waals surface area contributed by atoms with Crippen molar-refractivity contribution in [1.82, 2.24) is 9.80 Å². The molecule has 2 nitrogen and oxygen atoms in total. The maximum Gasteiger partial charge on any atom is 0.0371 e. The largest absolute Gasteiger partial charge is 0.372 e. The number of piperidine rings is 1. The molecule has 1 heterocycles. The number of likely N-dealkylation sites (tertiary alicyclic amines) is 1. The monoisotopic (exact) mass is 182 g/mol. The molecule has 1 aliphatic heterocycles. The molecular weight excluding hydrogens is 160 g/mol. The highest BCUT2D eigenvalue weighted by molar-refractivity contribution is 4.99. The summed E-state index contributed by atoms with van der Waals surface area (Å²) in [4.78, 5) is 4.65. The average Bonchev–Trinajstić information content (AvgIpc) is 2.03. The van der Waals surface area contributed by atoms with E-state index in [1.54, 1.807) is 0 Å². The topological polar surface area (TPSA) is 6.48 Å². The maximum atomic E-state index is 4.15. The van der Waals surface area contributed by atoms with Crippen molar-refractivity contribution in [2.75, 3.05) is 27.2 Å². The SMILES string of the molecule is C=C(CN(C)C)N1CCCCC1C. The zero-order valence-electron chi connectivity index (χ0n) is 9.21. The Labute approximate surface area is 82.2 Å². The lowest BCUT2D eigenvalue weighted by Gasteiger charge is -2.37. The standard InChI is InChI=1S/C11H22N2/c1-10-7-5-6-8-13(10)11(2)9-12(3)4/h10H,2,5-9H2,1,3-4H3. The highest BCUT2D eigenvalue weighted by Crippen LogP contribution is 2.20. The predicted octanol–water partition coefficient (Wildman–Crippen LogP) is 1.94. The van der Waals surface area contributed by atoms with Gasteiger partial charge in [-0.05, 0) is 40.3 Å². The molecule has 1 saturated heterocycles. The molecule has 0 aromatic rings. The smallest absolute Gasteiger partial charge is 0.0371 e. The van der Waals surface area contributed by atoms with Gasteiger partial charge in [0.25, 0.3) is 0 Å². The lowest BCUT2D eigenvalue weighted by molar-refractivity contribution is 0.194. The van der Waals surface area contributed by atoms with Crippen LogP contribution in [-0.2, 0) is 0 Å². The third-order valence-electron chi connectivity index (χ3n) is 2.71. The van der Waals surface area contributed by atoms with Gasteiger partial charge in [-0.25, -0.2) is 0 Å². The molecule has 2 heteroatoms. The molecule has 1 aliphatic rings. The van der Waals surface area contributed by atoms with Crippen molar-refractivity contribution in [2.45, 2.75) is 32.2 Å². The number of likely N-dealkylation sites (N-methyl/N-ethyl adjacent to an activating group) is 1. The Balaban J connectivity index is 2.44. The van der Waals surface area contributed by atoms with Crippen LogP contribution in [0.4, 0.5) is 0 Å². The van der Waals surface area contributed by atoms with Crippen molar-refractivity contribution in [3.05, 3.63) is 12.3 Å². The molecule has 76 valence electrons. The van der Waals surface area contributed by atoms with Gasteiger partial charge in [0.1, 0.15) is 0 Å². The summed E-state index contributed by atoms with van der Waals surface area (Å²) in [6.07, 6.45) is 4.04. The van der Waals surface area contributed by atoms with Crippen LogP contribution in [0.25, 0.3) is 0 Å². The summed E-state index contributed by atoms with van der Waals surface area (Å²) in [7, 11) is 4.19. The summed E-state index contributed by atoms with van der Waals surface area (Å²) in [5, 5.41) is 0. The van der Waals surface area contributed by atoms with Gasteiger partial charge in [0.05, 0.1) is 0 Å². The Morgan fingerprint density at radius 3 is 2.69 bits per heavy atom. The van der Waals surface area contributed by atoms with E-state index < -0.39 is 0 Å². The first-order valence-electron chi connectivity index (χ1n) is 5.20. The lowest BCUT2D eigenvalue weighted by atomic mass is 10.0. The normalized spacial score (nSPS) is 23.7. The lowest BCUT2D eigenvalue weighted by Crippen LogP contribution is -2.39. The third-order valence-corrected chi connectivity index (χ3v) is 2.71. The van der Waals surface area contributed by atoms with Crippen molar-refractivity contribution in [1.29, 1.82) is 0 Å². The van der Waals surface area contributed by atoms with E-state index in [4.69, 9.17) is 0 Å². The highest BCUT2D eigenvalue weighted by Gasteiger charge is 2.19. The fourth-order valence-corrected chi connectivity index (χ4v) is 2.02. The Hall–Kier alpha value is -0.500. The van der Waals surface area contributed by atoms with Gasteiger partial charge in [0.15, 0.2) is 0 Å². The van der Waals surface area contributed by atoms with E-state index in [0.29, 0.717) is 6.04 Å². The number of nitrogens with zero attached hydrogens (tertiary/aromatic N) is 2. The van der Waals surface area contributed by atoms with Crippen LogP contribution >= 0.6 is 0 Å². The van der Waals surface area contributed by atoms with Gasteiger partial charge in [-0.1, -0.05) is 6.58 Å². The van der Waals surface area contributed by atoms with E-state index in [1.807, 2.05) is 0 Å². The van der Waals surface area contributed by atoms with E-state index in [-0.39, 0.29) is 0 Å². The van der Waals surface area contributed by atoms with Gasteiger partial charge >= 0.3 is 0 Å². The van der Waals surface area contributed by atoms with Crippen molar-refractivity contribution in [3.8, 4) is 0 Å². The summed E-state index contributed by atoms with van der Waals surface area (Å²) in [6.45, 7) is 8.65. The quantitative estimate of drug-likeness (QED) is 0.658. The van der Waals surface area contributed by atoms with Gasteiger partial charge in [-0.2, -0.15) is 0 Å². The minimum atomic E-state index is 0.696. The molecule has 1 fully saturated rings. The van der Waals surface area contributed by atoms with Gasteiger partial charge in [0.2, 0.25) is 0 Å². The Bertz CT molecular complexity index is 175. The second-order valence-electron chi connectivity index (χ2n) is 4.34. The summed E-state index contributed by atoms with van der Waals surface area (Å²) in [5.41, 5.74) is 1.28. The van der Waals surface area contributed by atoms with Gasteiger partial charge in [-0.3, -0.25) is 0 Å². The third kappa shape index (κ3) is 3.03. The van der Waals surface area contributed by atoms with Crippen LogP contribution in [0.5, 0.6) is 0 Å².